The highest BCUT2D eigenvalue weighted by atomic mass is 79.9. The number of fused-ring (bicyclic) bond motifs is 1. The SMILES string of the molecule is CCc1ccc(C(Br)c2ccc3c(c2)C(=O)NCCO3)o1. The van der Waals surface area contributed by atoms with Gasteiger partial charge in [-0.25, -0.2) is 0 Å². The van der Waals surface area contributed by atoms with Crippen molar-refractivity contribution in [3.8, 4) is 5.75 Å². The molecule has 1 amide bonds. The average molecular weight is 350 g/mol. The topological polar surface area (TPSA) is 51.5 Å². The second kappa shape index (κ2) is 5.93. The Morgan fingerprint density at radius 2 is 2.19 bits per heavy atom. The number of halogens is 1. The fourth-order valence-corrected chi connectivity index (χ4v) is 2.85. The van der Waals surface area contributed by atoms with Gasteiger partial charge in [-0.2, -0.15) is 0 Å². The standard InChI is InChI=1S/C16H16BrNO3/c1-2-11-4-6-14(21-11)15(17)10-3-5-13-12(9-10)16(19)18-7-8-20-13/h3-6,9,15H,2,7-8H2,1H3,(H,18,19). The van der Waals surface area contributed by atoms with Crippen molar-refractivity contribution >= 4 is 21.8 Å². The first-order chi connectivity index (χ1) is 10.2. The summed E-state index contributed by atoms with van der Waals surface area (Å²) in [5.74, 6) is 2.31. The maximum atomic E-state index is 12.0. The number of hydrogen-bond donors (Lipinski definition) is 1. The summed E-state index contributed by atoms with van der Waals surface area (Å²) >= 11 is 3.64. The van der Waals surface area contributed by atoms with Crippen LogP contribution in [-0.4, -0.2) is 19.1 Å². The van der Waals surface area contributed by atoms with Crippen LogP contribution < -0.4 is 10.1 Å². The molecule has 0 spiro atoms. The van der Waals surface area contributed by atoms with Gasteiger partial charge in [0.25, 0.3) is 5.91 Å². The largest absolute Gasteiger partial charge is 0.491 e. The van der Waals surface area contributed by atoms with Crippen LogP contribution in [0.15, 0.2) is 34.7 Å². The molecule has 1 aliphatic rings. The zero-order valence-corrected chi connectivity index (χ0v) is 13.3. The molecule has 5 heteroatoms. The first kappa shape index (κ1) is 14.2. The molecule has 110 valence electrons. The lowest BCUT2D eigenvalue weighted by Gasteiger charge is -2.11. The highest BCUT2D eigenvalue weighted by Crippen LogP contribution is 2.34. The lowest BCUT2D eigenvalue weighted by Crippen LogP contribution is -2.24. The average Bonchev–Trinajstić information content (AvgIpc) is 2.92. The molecule has 4 nitrogen and oxygen atoms in total. The summed E-state index contributed by atoms with van der Waals surface area (Å²) in [5.41, 5.74) is 1.53. The van der Waals surface area contributed by atoms with Crippen molar-refractivity contribution in [2.75, 3.05) is 13.2 Å². The molecule has 2 aromatic rings. The molecule has 1 aromatic heterocycles. The Balaban J connectivity index is 1.93. The molecule has 0 saturated heterocycles. The third kappa shape index (κ3) is 2.83. The number of furan rings is 1. The number of ether oxygens (including phenoxy) is 1. The maximum Gasteiger partial charge on any atom is 0.255 e. The number of aryl methyl sites for hydroxylation is 1. The predicted octanol–water partition coefficient (Wildman–Crippen LogP) is 3.45. The normalized spacial score (nSPS) is 15.6. The lowest BCUT2D eigenvalue weighted by atomic mass is 10.1. The predicted molar refractivity (Wildman–Crippen MR) is 83.1 cm³/mol. The van der Waals surface area contributed by atoms with Gasteiger partial charge >= 0.3 is 0 Å². The Morgan fingerprint density at radius 3 is 2.95 bits per heavy atom. The Hall–Kier alpha value is -1.75. The van der Waals surface area contributed by atoms with E-state index in [0.717, 1.165) is 23.5 Å². The number of alkyl halides is 1. The fourth-order valence-electron chi connectivity index (χ4n) is 2.31. The van der Waals surface area contributed by atoms with Gasteiger partial charge in [0.1, 0.15) is 23.9 Å². The van der Waals surface area contributed by atoms with E-state index in [1.54, 1.807) is 0 Å². The molecule has 0 saturated carbocycles. The molecule has 1 aliphatic heterocycles. The second-order valence-corrected chi connectivity index (χ2v) is 5.80. The van der Waals surface area contributed by atoms with Crippen LogP contribution in [0.4, 0.5) is 0 Å². The summed E-state index contributed by atoms with van der Waals surface area (Å²) in [6.07, 6.45) is 0.861. The molecule has 0 radical (unpaired) electrons. The minimum atomic E-state index is -0.0993. The fraction of sp³-hybridized carbons (Fsp3) is 0.312. The molecule has 0 bridgehead atoms. The van der Waals surface area contributed by atoms with Gasteiger partial charge in [-0.1, -0.05) is 28.9 Å². The number of carbonyl (C=O) groups excluding carboxylic acids is 1. The first-order valence-electron chi connectivity index (χ1n) is 6.96. The van der Waals surface area contributed by atoms with Gasteiger partial charge in [0.2, 0.25) is 0 Å². The van der Waals surface area contributed by atoms with Gasteiger partial charge in [-0.3, -0.25) is 4.79 Å². The van der Waals surface area contributed by atoms with Crippen molar-refractivity contribution in [2.45, 2.75) is 18.2 Å². The van der Waals surface area contributed by atoms with E-state index in [9.17, 15) is 4.79 Å². The van der Waals surface area contributed by atoms with E-state index < -0.39 is 0 Å². The van der Waals surface area contributed by atoms with E-state index in [-0.39, 0.29) is 10.7 Å². The van der Waals surface area contributed by atoms with Crippen molar-refractivity contribution < 1.29 is 13.9 Å². The molecule has 1 unspecified atom stereocenters. The summed E-state index contributed by atoms with van der Waals surface area (Å²) in [7, 11) is 0. The molecule has 21 heavy (non-hydrogen) atoms. The Kier molecular flexibility index (Phi) is 4.01. The highest BCUT2D eigenvalue weighted by Gasteiger charge is 2.21. The van der Waals surface area contributed by atoms with Gasteiger partial charge in [0.15, 0.2) is 0 Å². The highest BCUT2D eigenvalue weighted by molar-refractivity contribution is 9.09. The Labute approximate surface area is 131 Å². The molecular formula is C16H16BrNO3. The molecule has 1 atom stereocenters. The third-order valence-electron chi connectivity index (χ3n) is 3.47. The smallest absolute Gasteiger partial charge is 0.255 e. The molecular weight excluding hydrogens is 334 g/mol. The zero-order valence-electron chi connectivity index (χ0n) is 11.7. The second-order valence-electron chi connectivity index (χ2n) is 4.88. The van der Waals surface area contributed by atoms with Crippen molar-refractivity contribution in [3.63, 3.8) is 0 Å². The van der Waals surface area contributed by atoms with Crippen LogP contribution in [0.2, 0.25) is 0 Å². The number of hydrogen-bond acceptors (Lipinski definition) is 3. The number of benzene rings is 1. The van der Waals surface area contributed by atoms with Crippen LogP contribution >= 0.6 is 15.9 Å². The van der Waals surface area contributed by atoms with Gasteiger partial charge in [-0.15, -0.1) is 0 Å². The van der Waals surface area contributed by atoms with Crippen molar-refractivity contribution in [2.24, 2.45) is 0 Å². The summed E-state index contributed by atoms with van der Waals surface area (Å²) < 4.78 is 11.3. The van der Waals surface area contributed by atoms with Crippen LogP contribution in [0, 0.1) is 0 Å². The monoisotopic (exact) mass is 349 g/mol. The summed E-state index contributed by atoms with van der Waals surface area (Å²) in [6, 6.07) is 9.57. The molecule has 0 fully saturated rings. The summed E-state index contributed by atoms with van der Waals surface area (Å²) in [5, 5.41) is 2.82. The number of rotatable bonds is 3. The van der Waals surface area contributed by atoms with E-state index in [1.165, 1.54) is 0 Å². The molecule has 1 aromatic carbocycles. The van der Waals surface area contributed by atoms with Crippen LogP contribution in [-0.2, 0) is 6.42 Å². The van der Waals surface area contributed by atoms with E-state index in [2.05, 4.69) is 28.2 Å². The minimum absolute atomic E-state index is 0.0841. The Morgan fingerprint density at radius 1 is 1.33 bits per heavy atom. The third-order valence-corrected chi connectivity index (χ3v) is 4.45. The van der Waals surface area contributed by atoms with E-state index in [1.807, 2.05) is 30.3 Å². The molecule has 1 N–H and O–H groups in total. The van der Waals surface area contributed by atoms with Crippen molar-refractivity contribution in [1.82, 2.24) is 5.32 Å². The number of amides is 1. The van der Waals surface area contributed by atoms with Crippen LogP contribution in [0.25, 0.3) is 0 Å². The lowest BCUT2D eigenvalue weighted by molar-refractivity contribution is 0.0957. The van der Waals surface area contributed by atoms with Gasteiger partial charge in [-0.05, 0) is 29.8 Å². The van der Waals surface area contributed by atoms with E-state index in [0.29, 0.717) is 24.5 Å². The van der Waals surface area contributed by atoms with Crippen molar-refractivity contribution in [3.05, 3.63) is 53.0 Å². The quantitative estimate of drug-likeness (QED) is 0.863. The Bertz CT molecular complexity index is 665. The van der Waals surface area contributed by atoms with Crippen LogP contribution in [0.1, 0.15) is 39.2 Å². The molecule has 2 heterocycles. The van der Waals surface area contributed by atoms with E-state index in [4.69, 9.17) is 9.15 Å². The van der Waals surface area contributed by atoms with Gasteiger partial charge in [0.05, 0.1) is 16.9 Å². The summed E-state index contributed by atoms with van der Waals surface area (Å²) in [4.78, 5) is 12.0. The molecule has 0 aliphatic carbocycles. The summed E-state index contributed by atoms with van der Waals surface area (Å²) in [6.45, 7) is 3.07. The maximum absolute atomic E-state index is 12.0. The zero-order chi connectivity index (χ0) is 14.8. The van der Waals surface area contributed by atoms with Gasteiger partial charge < -0.3 is 14.5 Å². The molecule has 3 rings (SSSR count). The first-order valence-corrected chi connectivity index (χ1v) is 7.88. The minimum Gasteiger partial charge on any atom is -0.491 e. The van der Waals surface area contributed by atoms with E-state index >= 15 is 0 Å². The number of nitrogens with one attached hydrogen (secondary N) is 1. The van der Waals surface area contributed by atoms with Crippen LogP contribution in [0.3, 0.4) is 0 Å². The number of carbonyl (C=O) groups is 1. The van der Waals surface area contributed by atoms with Gasteiger partial charge in [0, 0.05) is 6.42 Å². The van der Waals surface area contributed by atoms with Crippen LogP contribution in [0.5, 0.6) is 5.75 Å². The van der Waals surface area contributed by atoms with Crippen molar-refractivity contribution in [1.29, 1.82) is 0 Å².